The Morgan fingerprint density at radius 3 is 2.93 bits per heavy atom. The number of hydrogen-bond acceptors (Lipinski definition) is 3. The lowest BCUT2D eigenvalue weighted by molar-refractivity contribution is -0.134. The van der Waals surface area contributed by atoms with Gasteiger partial charge < -0.3 is 10.1 Å². The molecule has 0 spiro atoms. The first-order valence-corrected chi connectivity index (χ1v) is 6.19. The summed E-state index contributed by atoms with van der Waals surface area (Å²) in [6.45, 7) is 3.87. The van der Waals surface area contributed by atoms with Gasteiger partial charge in [0.15, 0.2) is 0 Å². The van der Waals surface area contributed by atoms with E-state index < -0.39 is 0 Å². The molecule has 1 fully saturated rings. The molecule has 0 aliphatic carbocycles. The molecule has 1 aliphatic rings. The Morgan fingerprint density at radius 2 is 2.33 bits per heavy atom. The summed E-state index contributed by atoms with van der Waals surface area (Å²) in [5.74, 6) is 0. The van der Waals surface area contributed by atoms with Gasteiger partial charge in [0, 0.05) is 6.04 Å². The fraction of sp³-hybridized carbons (Fsp3) is 0.917. The van der Waals surface area contributed by atoms with Gasteiger partial charge in [0.25, 0.3) is 6.47 Å². The Balaban J connectivity index is 2.16. The third kappa shape index (κ3) is 5.17. The van der Waals surface area contributed by atoms with E-state index in [2.05, 4.69) is 12.2 Å². The zero-order valence-corrected chi connectivity index (χ0v) is 9.71. The third-order valence-corrected chi connectivity index (χ3v) is 3.11. The van der Waals surface area contributed by atoms with Gasteiger partial charge in [-0.3, -0.25) is 4.79 Å². The zero-order chi connectivity index (χ0) is 10.9. The highest BCUT2D eigenvalue weighted by atomic mass is 16.5. The van der Waals surface area contributed by atoms with Crippen molar-refractivity contribution in [1.29, 1.82) is 0 Å². The minimum Gasteiger partial charge on any atom is -0.465 e. The van der Waals surface area contributed by atoms with Crippen molar-refractivity contribution in [2.45, 2.75) is 64.0 Å². The number of carbonyl (C=O) groups excluding carboxylic acids is 1. The second-order valence-electron chi connectivity index (χ2n) is 4.37. The van der Waals surface area contributed by atoms with Crippen molar-refractivity contribution in [1.82, 2.24) is 5.32 Å². The molecule has 88 valence electrons. The lowest BCUT2D eigenvalue weighted by Gasteiger charge is -2.25. The van der Waals surface area contributed by atoms with Gasteiger partial charge >= 0.3 is 0 Å². The Labute approximate surface area is 92.6 Å². The monoisotopic (exact) mass is 213 g/mol. The Hall–Kier alpha value is -0.570. The van der Waals surface area contributed by atoms with Crippen LogP contribution in [0.4, 0.5) is 0 Å². The van der Waals surface area contributed by atoms with E-state index in [1.165, 1.54) is 19.3 Å². The van der Waals surface area contributed by atoms with Crippen LogP contribution in [0.25, 0.3) is 0 Å². The van der Waals surface area contributed by atoms with Crippen LogP contribution >= 0.6 is 0 Å². The SMILES string of the molecule is CCCC(CCC1CCCCN1)OC=O. The van der Waals surface area contributed by atoms with Crippen molar-refractivity contribution in [3.05, 3.63) is 0 Å². The van der Waals surface area contributed by atoms with Gasteiger partial charge in [-0.05, 0) is 38.6 Å². The summed E-state index contributed by atoms with van der Waals surface area (Å²) in [4.78, 5) is 10.3. The highest BCUT2D eigenvalue weighted by Crippen LogP contribution is 2.16. The molecular weight excluding hydrogens is 190 g/mol. The van der Waals surface area contributed by atoms with Gasteiger partial charge in [0.2, 0.25) is 0 Å². The van der Waals surface area contributed by atoms with Crippen LogP contribution in [0, 0.1) is 0 Å². The van der Waals surface area contributed by atoms with Crippen LogP contribution in [-0.2, 0) is 9.53 Å². The summed E-state index contributed by atoms with van der Waals surface area (Å²) < 4.78 is 5.07. The predicted octanol–water partition coefficient (Wildman–Crippen LogP) is 2.25. The van der Waals surface area contributed by atoms with Gasteiger partial charge in [-0.25, -0.2) is 0 Å². The van der Waals surface area contributed by atoms with Gasteiger partial charge in [-0.15, -0.1) is 0 Å². The Morgan fingerprint density at radius 1 is 1.47 bits per heavy atom. The molecule has 0 aromatic rings. The molecule has 3 nitrogen and oxygen atoms in total. The topological polar surface area (TPSA) is 38.3 Å². The third-order valence-electron chi connectivity index (χ3n) is 3.11. The van der Waals surface area contributed by atoms with Crippen molar-refractivity contribution in [3.63, 3.8) is 0 Å². The summed E-state index contributed by atoms with van der Waals surface area (Å²) in [6, 6.07) is 0.647. The zero-order valence-electron chi connectivity index (χ0n) is 9.71. The van der Waals surface area contributed by atoms with Crippen LogP contribution in [0.2, 0.25) is 0 Å². The Kier molecular flexibility index (Phi) is 6.41. The van der Waals surface area contributed by atoms with Crippen molar-refractivity contribution in [3.8, 4) is 0 Å². The summed E-state index contributed by atoms with van der Waals surface area (Å²) >= 11 is 0. The van der Waals surface area contributed by atoms with Crippen molar-refractivity contribution in [2.24, 2.45) is 0 Å². The average Bonchev–Trinajstić information content (AvgIpc) is 2.28. The van der Waals surface area contributed by atoms with E-state index >= 15 is 0 Å². The maximum Gasteiger partial charge on any atom is 0.293 e. The first kappa shape index (κ1) is 12.5. The molecule has 2 atom stereocenters. The molecular formula is C12H23NO2. The smallest absolute Gasteiger partial charge is 0.293 e. The van der Waals surface area contributed by atoms with Crippen molar-refractivity contribution in [2.75, 3.05) is 6.54 Å². The second kappa shape index (κ2) is 7.69. The molecule has 0 amide bonds. The molecule has 0 aromatic heterocycles. The van der Waals surface area contributed by atoms with Crippen molar-refractivity contribution >= 4 is 6.47 Å². The average molecular weight is 213 g/mol. The van der Waals surface area contributed by atoms with E-state index in [4.69, 9.17) is 4.74 Å². The normalized spacial score (nSPS) is 23.4. The van der Waals surface area contributed by atoms with Gasteiger partial charge in [0.1, 0.15) is 6.10 Å². The number of piperidine rings is 1. The van der Waals surface area contributed by atoms with E-state index in [-0.39, 0.29) is 6.10 Å². The molecule has 1 aliphatic heterocycles. The molecule has 0 saturated carbocycles. The molecule has 0 aromatic carbocycles. The molecule has 1 heterocycles. The van der Waals surface area contributed by atoms with Crippen LogP contribution in [0.3, 0.4) is 0 Å². The predicted molar refractivity (Wildman–Crippen MR) is 60.7 cm³/mol. The lowest BCUT2D eigenvalue weighted by Crippen LogP contribution is -2.34. The molecule has 15 heavy (non-hydrogen) atoms. The number of rotatable bonds is 7. The van der Waals surface area contributed by atoms with E-state index in [0.29, 0.717) is 12.5 Å². The van der Waals surface area contributed by atoms with Crippen LogP contribution in [0.5, 0.6) is 0 Å². The molecule has 1 rings (SSSR count). The first-order chi connectivity index (χ1) is 7.36. The fourth-order valence-corrected chi connectivity index (χ4v) is 2.24. The summed E-state index contributed by atoms with van der Waals surface area (Å²) in [7, 11) is 0. The fourth-order valence-electron chi connectivity index (χ4n) is 2.24. The molecule has 0 bridgehead atoms. The first-order valence-electron chi connectivity index (χ1n) is 6.19. The molecule has 0 radical (unpaired) electrons. The van der Waals surface area contributed by atoms with E-state index in [9.17, 15) is 4.79 Å². The van der Waals surface area contributed by atoms with Crippen LogP contribution in [-0.4, -0.2) is 25.2 Å². The minimum absolute atomic E-state index is 0.135. The van der Waals surface area contributed by atoms with E-state index in [1.54, 1.807) is 0 Å². The molecule has 2 unspecified atom stereocenters. The molecule has 1 N–H and O–H groups in total. The van der Waals surface area contributed by atoms with E-state index in [1.807, 2.05) is 0 Å². The molecule has 1 saturated heterocycles. The van der Waals surface area contributed by atoms with Crippen LogP contribution in [0.1, 0.15) is 51.9 Å². The molecule has 3 heteroatoms. The second-order valence-corrected chi connectivity index (χ2v) is 4.37. The number of carbonyl (C=O) groups is 1. The standard InChI is InChI=1S/C12H23NO2/c1-2-5-12(15-10-14)8-7-11-6-3-4-9-13-11/h10-13H,2-9H2,1H3. The quantitative estimate of drug-likeness (QED) is 0.659. The highest BCUT2D eigenvalue weighted by molar-refractivity contribution is 5.37. The van der Waals surface area contributed by atoms with Crippen LogP contribution in [0.15, 0.2) is 0 Å². The highest BCUT2D eigenvalue weighted by Gasteiger charge is 2.15. The van der Waals surface area contributed by atoms with Gasteiger partial charge in [-0.2, -0.15) is 0 Å². The largest absolute Gasteiger partial charge is 0.465 e. The van der Waals surface area contributed by atoms with E-state index in [0.717, 1.165) is 32.2 Å². The van der Waals surface area contributed by atoms with Crippen LogP contribution < -0.4 is 5.32 Å². The summed E-state index contributed by atoms with van der Waals surface area (Å²) in [5, 5.41) is 3.51. The lowest BCUT2D eigenvalue weighted by atomic mass is 9.98. The van der Waals surface area contributed by atoms with Crippen molar-refractivity contribution < 1.29 is 9.53 Å². The summed E-state index contributed by atoms with van der Waals surface area (Å²) in [5.41, 5.74) is 0. The van der Waals surface area contributed by atoms with Gasteiger partial charge in [0.05, 0.1) is 0 Å². The Bertz CT molecular complexity index is 167. The van der Waals surface area contributed by atoms with Gasteiger partial charge in [-0.1, -0.05) is 19.8 Å². The number of ether oxygens (including phenoxy) is 1. The minimum atomic E-state index is 0.135. The maximum atomic E-state index is 10.3. The number of hydrogen-bond donors (Lipinski definition) is 1. The maximum absolute atomic E-state index is 10.3. The summed E-state index contributed by atoms with van der Waals surface area (Å²) in [6.07, 6.45) is 8.27. The number of nitrogens with one attached hydrogen (secondary N) is 1.